The largest absolute Gasteiger partial charge is 0.350 e. The molecule has 1 aliphatic heterocycles. The number of halogens is 2. The van der Waals surface area contributed by atoms with E-state index in [1.165, 1.54) is 6.08 Å². The fourth-order valence-electron chi connectivity index (χ4n) is 2.69. The smallest absolute Gasteiger partial charge is 0.246 e. The summed E-state index contributed by atoms with van der Waals surface area (Å²) in [5.41, 5.74) is 0.518. The highest BCUT2D eigenvalue weighted by molar-refractivity contribution is 6.35. The number of benzene rings is 1. The molecule has 1 aromatic carbocycles. The number of nitrogens with zero attached hydrogens (tertiary/aromatic N) is 2. The van der Waals surface area contributed by atoms with Crippen molar-refractivity contribution in [2.24, 2.45) is 0 Å². The van der Waals surface area contributed by atoms with Crippen LogP contribution in [0.4, 0.5) is 0 Å². The van der Waals surface area contributed by atoms with E-state index in [0.717, 1.165) is 5.56 Å². The van der Waals surface area contributed by atoms with Gasteiger partial charge < -0.3 is 10.2 Å². The van der Waals surface area contributed by atoms with Crippen molar-refractivity contribution in [1.82, 2.24) is 15.1 Å². The molecule has 7 heteroatoms. The Kier molecular flexibility index (Phi) is 7.09. The molecule has 0 atom stereocenters. The summed E-state index contributed by atoms with van der Waals surface area (Å²) in [6, 6.07) is 5.16. The van der Waals surface area contributed by atoms with Crippen LogP contribution < -0.4 is 5.32 Å². The first kappa shape index (κ1) is 20.7. The Balaban J connectivity index is 1.82. The van der Waals surface area contributed by atoms with Gasteiger partial charge in [-0.25, -0.2) is 0 Å². The van der Waals surface area contributed by atoms with E-state index < -0.39 is 0 Å². The third-order valence-corrected chi connectivity index (χ3v) is 4.50. The third kappa shape index (κ3) is 6.63. The lowest BCUT2D eigenvalue weighted by molar-refractivity contribution is -0.128. The number of carbonyl (C=O) groups is 2. The standard InChI is InChI=1S/C19H25Cl2N3O2/c1-19(2,3)22-17(25)13-23-8-10-24(11-9-23)18(26)7-5-14-4-6-15(20)12-16(14)21/h4-7,12H,8-11,13H2,1-3H3,(H,22,25)/b7-5+. The van der Waals surface area contributed by atoms with E-state index in [2.05, 4.69) is 10.2 Å². The monoisotopic (exact) mass is 397 g/mol. The molecule has 26 heavy (non-hydrogen) atoms. The van der Waals surface area contributed by atoms with Crippen LogP contribution in [0, 0.1) is 0 Å². The van der Waals surface area contributed by atoms with Gasteiger partial charge in [0.1, 0.15) is 0 Å². The van der Waals surface area contributed by atoms with Gasteiger partial charge in [-0.3, -0.25) is 14.5 Å². The van der Waals surface area contributed by atoms with Crippen LogP contribution in [-0.2, 0) is 9.59 Å². The minimum absolute atomic E-state index is 0.00885. The van der Waals surface area contributed by atoms with Crippen LogP contribution in [0.5, 0.6) is 0 Å². The Labute approximate surface area is 164 Å². The fraction of sp³-hybridized carbons (Fsp3) is 0.474. The lowest BCUT2D eigenvalue weighted by Crippen LogP contribution is -2.52. The molecule has 0 aromatic heterocycles. The third-order valence-electron chi connectivity index (χ3n) is 3.93. The lowest BCUT2D eigenvalue weighted by atomic mass is 10.1. The van der Waals surface area contributed by atoms with Gasteiger partial charge in [0.05, 0.1) is 6.54 Å². The van der Waals surface area contributed by atoms with Crippen molar-refractivity contribution in [1.29, 1.82) is 0 Å². The minimum Gasteiger partial charge on any atom is -0.350 e. The fourth-order valence-corrected chi connectivity index (χ4v) is 3.16. The summed E-state index contributed by atoms with van der Waals surface area (Å²) in [6.45, 7) is 8.79. The van der Waals surface area contributed by atoms with Gasteiger partial charge in [-0.05, 0) is 44.5 Å². The van der Waals surface area contributed by atoms with Gasteiger partial charge in [-0.15, -0.1) is 0 Å². The first-order valence-electron chi connectivity index (χ1n) is 8.59. The Hall–Kier alpha value is -1.56. The van der Waals surface area contributed by atoms with Crippen LogP contribution in [0.3, 0.4) is 0 Å². The molecule has 142 valence electrons. The van der Waals surface area contributed by atoms with Crippen molar-refractivity contribution in [3.63, 3.8) is 0 Å². The first-order chi connectivity index (χ1) is 12.1. The molecular formula is C19H25Cl2N3O2. The van der Waals surface area contributed by atoms with E-state index in [4.69, 9.17) is 23.2 Å². The molecule has 0 bridgehead atoms. The number of nitrogens with one attached hydrogen (secondary N) is 1. The molecule has 1 N–H and O–H groups in total. The highest BCUT2D eigenvalue weighted by atomic mass is 35.5. The molecular weight excluding hydrogens is 373 g/mol. The molecule has 1 aliphatic rings. The van der Waals surface area contributed by atoms with Gasteiger partial charge in [0.25, 0.3) is 0 Å². The average Bonchev–Trinajstić information content (AvgIpc) is 2.52. The molecule has 0 saturated carbocycles. The summed E-state index contributed by atoms with van der Waals surface area (Å²) in [7, 11) is 0. The van der Waals surface area contributed by atoms with Crippen molar-refractivity contribution in [3.05, 3.63) is 39.9 Å². The summed E-state index contributed by atoms with van der Waals surface area (Å²) in [5.74, 6) is -0.0515. The maximum absolute atomic E-state index is 12.3. The van der Waals surface area contributed by atoms with Crippen LogP contribution >= 0.6 is 23.2 Å². The minimum atomic E-state index is -0.234. The molecule has 2 amide bonds. The Morgan fingerprint density at radius 1 is 1.15 bits per heavy atom. The maximum Gasteiger partial charge on any atom is 0.246 e. The van der Waals surface area contributed by atoms with Crippen LogP contribution in [-0.4, -0.2) is 59.9 Å². The van der Waals surface area contributed by atoms with Crippen molar-refractivity contribution in [2.75, 3.05) is 32.7 Å². The van der Waals surface area contributed by atoms with Crippen LogP contribution in [0.15, 0.2) is 24.3 Å². The zero-order valence-electron chi connectivity index (χ0n) is 15.4. The molecule has 1 heterocycles. The molecule has 2 rings (SSSR count). The van der Waals surface area contributed by atoms with Crippen molar-refractivity contribution in [3.8, 4) is 0 Å². The van der Waals surface area contributed by atoms with Crippen LogP contribution in [0.1, 0.15) is 26.3 Å². The van der Waals surface area contributed by atoms with Gasteiger partial charge >= 0.3 is 0 Å². The number of piperazine rings is 1. The number of carbonyl (C=O) groups excluding carboxylic acids is 2. The molecule has 0 spiro atoms. The zero-order valence-corrected chi connectivity index (χ0v) is 16.9. The highest BCUT2D eigenvalue weighted by Crippen LogP contribution is 2.22. The average molecular weight is 398 g/mol. The molecule has 1 aromatic rings. The van der Waals surface area contributed by atoms with Gasteiger partial charge in [0.15, 0.2) is 0 Å². The quantitative estimate of drug-likeness (QED) is 0.794. The van der Waals surface area contributed by atoms with E-state index >= 15 is 0 Å². The van der Waals surface area contributed by atoms with E-state index in [1.807, 2.05) is 20.8 Å². The van der Waals surface area contributed by atoms with Gasteiger partial charge in [0, 0.05) is 47.8 Å². The highest BCUT2D eigenvalue weighted by Gasteiger charge is 2.22. The summed E-state index contributed by atoms with van der Waals surface area (Å²) in [6.07, 6.45) is 3.22. The van der Waals surface area contributed by atoms with Crippen molar-refractivity contribution >= 4 is 41.1 Å². The topological polar surface area (TPSA) is 52.7 Å². The Bertz CT molecular complexity index is 691. The lowest BCUT2D eigenvalue weighted by Gasteiger charge is -2.34. The van der Waals surface area contributed by atoms with Gasteiger partial charge in [-0.1, -0.05) is 29.3 Å². The maximum atomic E-state index is 12.3. The molecule has 1 saturated heterocycles. The molecule has 0 unspecified atom stereocenters. The number of hydrogen-bond donors (Lipinski definition) is 1. The summed E-state index contributed by atoms with van der Waals surface area (Å²) >= 11 is 12.0. The van der Waals surface area contributed by atoms with E-state index in [9.17, 15) is 9.59 Å². The van der Waals surface area contributed by atoms with Crippen molar-refractivity contribution < 1.29 is 9.59 Å². The molecule has 5 nitrogen and oxygen atoms in total. The zero-order chi connectivity index (χ0) is 19.3. The van der Waals surface area contributed by atoms with Gasteiger partial charge in [0.2, 0.25) is 11.8 Å². The molecule has 0 radical (unpaired) electrons. The summed E-state index contributed by atoms with van der Waals surface area (Å²) in [4.78, 5) is 28.2. The van der Waals surface area contributed by atoms with Crippen LogP contribution in [0.2, 0.25) is 10.0 Å². The predicted octanol–water partition coefficient (Wildman–Crippen LogP) is 3.07. The second-order valence-electron chi connectivity index (χ2n) is 7.40. The summed E-state index contributed by atoms with van der Waals surface area (Å²) in [5, 5.41) is 4.02. The second-order valence-corrected chi connectivity index (χ2v) is 8.24. The van der Waals surface area contributed by atoms with Gasteiger partial charge in [-0.2, -0.15) is 0 Å². The van der Waals surface area contributed by atoms with E-state index in [-0.39, 0.29) is 17.4 Å². The Morgan fingerprint density at radius 2 is 1.81 bits per heavy atom. The molecule has 1 fully saturated rings. The predicted molar refractivity (Wildman–Crippen MR) is 106 cm³/mol. The molecule has 0 aliphatic carbocycles. The number of rotatable bonds is 4. The summed E-state index contributed by atoms with van der Waals surface area (Å²) < 4.78 is 0. The SMILES string of the molecule is CC(C)(C)NC(=O)CN1CCN(C(=O)/C=C/c2ccc(Cl)cc2Cl)CC1. The Morgan fingerprint density at radius 3 is 2.38 bits per heavy atom. The van der Waals surface area contributed by atoms with E-state index in [1.54, 1.807) is 29.2 Å². The first-order valence-corrected chi connectivity index (χ1v) is 9.35. The second kappa shape index (κ2) is 8.89. The number of hydrogen-bond acceptors (Lipinski definition) is 3. The van der Waals surface area contributed by atoms with Crippen LogP contribution in [0.25, 0.3) is 6.08 Å². The van der Waals surface area contributed by atoms with Crippen molar-refractivity contribution in [2.45, 2.75) is 26.3 Å². The normalized spacial score (nSPS) is 16.1. The number of amides is 2. The van der Waals surface area contributed by atoms with E-state index in [0.29, 0.717) is 42.8 Å².